The van der Waals surface area contributed by atoms with E-state index in [0.29, 0.717) is 16.8 Å². The molecule has 2 aromatic carbocycles. The Morgan fingerprint density at radius 1 is 1.10 bits per heavy atom. The van der Waals surface area contributed by atoms with Crippen LogP contribution in [0.4, 0.5) is 11.4 Å². The Balaban J connectivity index is 1.68. The Hall–Kier alpha value is -2.54. The molecule has 1 aliphatic heterocycles. The molecule has 3 rings (SSSR count). The Bertz CT molecular complexity index is 995. The normalized spacial score (nSPS) is 16.2. The number of anilines is 2. The highest BCUT2D eigenvalue weighted by Gasteiger charge is 2.18. The van der Waals surface area contributed by atoms with E-state index < -0.39 is 10.0 Å². The first kappa shape index (κ1) is 22.2. The first-order chi connectivity index (χ1) is 14.1. The topological polar surface area (TPSA) is 78.5 Å². The molecule has 162 valence electrons. The number of hydrogen-bond donors (Lipinski definition) is 2. The van der Waals surface area contributed by atoms with Crippen LogP contribution in [0.2, 0.25) is 0 Å². The van der Waals surface area contributed by atoms with Crippen molar-refractivity contribution in [2.24, 2.45) is 5.92 Å². The van der Waals surface area contributed by atoms with Gasteiger partial charge in [0.05, 0.1) is 18.0 Å². The van der Waals surface area contributed by atoms with Gasteiger partial charge in [-0.1, -0.05) is 25.1 Å². The summed E-state index contributed by atoms with van der Waals surface area (Å²) in [6.45, 7) is 8.16. The van der Waals surface area contributed by atoms with Crippen LogP contribution in [0, 0.1) is 12.8 Å². The van der Waals surface area contributed by atoms with Crippen LogP contribution >= 0.6 is 0 Å². The third-order valence-corrected chi connectivity index (χ3v) is 6.35. The van der Waals surface area contributed by atoms with Crippen LogP contribution < -0.4 is 14.9 Å². The summed E-state index contributed by atoms with van der Waals surface area (Å²) < 4.78 is 25.5. The van der Waals surface area contributed by atoms with E-state index in [9.17, 15) is 13.2 Å². The Labute approximate surface area is 179 Å². The summed E-state index contributed by atoms with van der Waals surface area (Å²) in [4.78, 5) is 15.2. The number of nitrogens with one attached hydrogen (secondary N) is 2. The van der Waals surface area contributed by atoms with Crippen molar-refractivity contribution in [3.63, 3.8) is 0 Å². The van der Waals surface area contributed by atoms with Crippen molar-refractivity contribution in [2.75, 3.05) is 29.0 Å². The summed E-state index contributed by atoms with van der Waals surface area (Å²) in [6, 6.07) is 13.2. The summed E-state index contributed by atoms with van der Waals surface area (Å²) in [5, 5.41) is 3.02. The van der Waals surface area contributed by atoms with Gasteiger partial charge in [-0.05, 0) is 68.0 Å². The monoisotopic (exact) mass is 429 g/mol. The molecule has 2 N–H and O–H groups in total. The number of sulfonamides is 1. The van der Waals surface area contributed by atoms with Crippen LogP contribution in [0.5, 0.6) is 0 Å². The fourth-order valence-corrected chi connectivity index (χ4v) is 4.41. The lowest BCUT2D eigenvalue weighted by molar-refractivity contribution is 0.0939. The molecule has 1 saturated heterocycles. The van der Waals surface area contributed by atoms with E-state index in [4.69, 9.17) is 0 Å². The average molecular weight is 430 g/mol. The zero-order valence-corrected chi connectivity index (χ0v) is 18.9. The van der Waals surface area contributed by atoms with Crippen molar-refractivity contribution >= 4 is 27.3 Å². The Morgan fingerprint density at radius 2 is 1.73 bits per heavy atom. The van der Waals surface area contributed by atoms with E-state index in [-0.39, 0.29) is 11.9 Å². The lowest BCUT2D eigenvalue weighted by atomic mass is 9.98. The highest BCUT2D eigenvalue weighted by Crippen LogP contribution is 2.25. The lowest BCUT2D eigenvalue weighted by Gasteiger charge is -2.32. The van der Waals surface area contributed by atoms with E-state index in [1.807, 2.05) is 6.92 Å². The highest BCUT2D eigenvalue weighted by atomic mass is 32.2. The molecule has 0 aliphatic carbocycles. The molecular formula is C23H31N3O3S. The number of hydrogen-bond acceptors (Lipinski definition) is 4. The van der Waals surface area contributed by atoms with Crippen LogP contribution in [0.25, 0.3) is 0 Å². The van der Waals surface area contributed by atoms with Gasteiger partial charge < -0.3 is 10.2 Å². The van der Waals surface area contributed by atoms with Crippen LogP contribution in [-0.4, -0.2) is 33.7 Å². The SMILES string of the molecule is Cc1c(NS(C)(=O)=O)cccc1C(=O)N[C@@H](C)c1ccc(N2CCC(C)CC2)cc1. The maximum Gasteiger partial charge on any atom is 0.252 e. The molecule has 2 aromatic rings. The van der Waals surface area contributed by atoms with Gasteiger partial charge in [-0.25, -0.2) is 8.42 Å². The molecule has 1 heterocycles. The van der Waals surface area contributed by atoms with Crippen molar-refractivity contribution in [1.29, 1.82) is 0 Å². The van der Waals surface area contributed by atoms with Crippen LogP contribution in [0.15, 0.2) is 42.5 Å². The molecular weight excluding hydrogens is 398 g/mol. The van der Waals surface area contributed by atoms with Gasteiger partial charge in [0.15, 0.2) is 0 Å². The quantitative estimate of drug-likeness (QED) is 0.725. The largest absolute Gasteiger partial charge is 0.372 e. The number of amides is 1. The summed E-state index contributed by atoms with van der Waals surface area (Å²) in [5.41, 5.74) is 3.72. The van der Waals surface area contributed by atoms with E-state index >= 15 is 0 Å². The molecule has 0 bridgehead atoms. The zero-order chi connectivity index (χ0) is 21.9. The Morgan fingerprint density at radius 3 is 2.33 bits per heavy atom. The molecule has 0 aromatic heterocycles. The van der Waals surface area contributed by atoms with Crippen LogP contribution in [-0.2, 0) is 10.0 Å². The molecule has 1 amide bonds. The molecule has 0 spiro atoms. The summed E-state index contributed by atoms with van der Waals surface area (Å²) in [7, 11) is -3.41. The molecule has 6 nitrogen and oxygen atoms in total. The van der Waals surface area contributed by atoms with E-state index in [2.05, 4.69) is 46.1 Å². The summed E-state index contributed by atoms with van der Waals surface area (Å²) >= 11 is 0. The molecule has 0 saturated carbocycles. The van der Waals surface area contributed by atoms with Gasteiger partial charge in [0.1, 0.15) is 0 Å². The van der Waals surface area contributed by atoms with Gasteiger partial charge >= 0.3 is 0 Å². The molecule has 0 unspecified atom stereocenters. The van der Waals surface area contributed by atoms with E-state index in [1.165, 1.54) is 18.5 Å². The fourth-order valence-electron chi connectivity index (χ4n) is 3.79. The number of carbonyl (C=O) groups excluding carboxylic acids is 1. The van der Waals surface area contributed by atoms with E-state index in [0.717, 1.165) is 30.8 Å². The predicted octanol–water partition coefficient (Wildman–Crippen LogP) is 4.09. The third-order valence-electron chi connectivity index (χ3n) is 5.76. The van der Waals surface area contributed by atoms with Crippen molar-refractivity contribution in [3.05, 3.63) is 59.2 Å². The minimum atomic E-state index is -3.41. The smallest absolute Gasteiger partial charge is 0.252 e. The maximum absolute atomic E-state index is 12.8. The average Bonchev–Trinajstić information content (AvgIpc) is 2.69. The zero-order valence-electron chi connectivity index (χ0n) is 18.1. The summed E-state index contributed by atoms with van der Waals surface area (Å²) in [6.07, 6.45) is 3.54. The number of benzene rings is 2. The molecule has 1 atom stereocenters. The molecule has 1 fully saturated rings. The van der Waals surface area contributed by atoms with Gasteiger partial charge in [0.25, 0.3) is 5.91 Å². The second-order valence-electron chi connectivity index (χ2n) is 8.31. The van der Waals surface area contributed by atoms with Crippen LogP contribution in [0.3, 0.4) is 0 Å². The number of rotatable bonds is 6. The van der Waals surface area contributed by atoms with E-state index in [1.54, 1.807) is 25.1 Å². The fraction of sp³-hybridized carbons (Fsp3) is 0.435. The highest BCUT2D eigenvalue weighted by molar-refractivity contribution is 7.92. The molecule has 7 heteroatoms. The van der Waals surface area contributed by atoms with Crippen molar-refractivity contribution in [2.45, 2.75) is 39.7 Å². The lowest BCUT2D eigenvalue weighted by Crippen LogP contribution is -2.32. The molecule has 30 heavy (non-hydrogen) atoms. The molecule has 0 radical (unpaired) electrons. The predicted molar refractivity (Wildman–Crippen MR) is 123 cm³/mol. The minimum Gasteiger partial charge on any atom is -0.372 e. The van der Waals surface area contributed by atoms with Gasteiger partial charge in [0, 0.05) is 24.3 Å². The third kappa shape index (κ3) is 5.53. The maximum atomic E-state index is 12.8. The van der Waals surface area contributed by atoms with Crippen molar-refractivity contribution in [3.8, 4) is 0 Å². The number of nitrogens with zero attached hydrogens (tertiary/aromatic N) is 1. The Kier molecular flexibility index (Phi) is 6.71. The second kappa shape index (κ2) is 9.08. The standard InChI is InChI=1S/C23H31N3O3S/c1-16-12-14-26(15-13-16)20-10-8-19(9-11-20)18(3)24-23(27)21-6-5-7-22(17(21)2)25-30(4,28)29/h5-11,16,18,25H,12-15H2,1-4H3,(H,24,27)/t18-/m0/s1. The van der Waals surface area contributed by atoms with Gasteiger partial charge in [-0.2, -0.15) is 0 Å². The van der Waals surface area contributed by atoms with Crippen molar-refractivity contribution in [1.82, 2.24) is 5.32 Å². The van der Waals surface area contributed by atoms with Gasteiger partial charge in [0.2, 0.25) is 10.0 Å². The summed E-state index contributed by atoms with van der Waals surface area (Å²) in [5.74, 6) is 0.566. The number of carbonyl (C=O) groups is 1. The second-order valence-corrected chi connectivity index (χ2v) is 10.1. The first-order valence-electron chi connectivity index (χ1n) is 10.4. The molecule has 1 aliphatic rings. The minimum absolute atomic E-state index is 0.168. The van der Waals surface area contributed by atoms with Crippen LogP contribution in [0.1, 0.15) is 54.2 Å². The van der Waals surface area contributed by atoms with Gasteiger partial charge in [-0.3, -0.25) is 9.52 Å². The van der Waals surface area contributed by atoms with Crippen molar-refractivity contribution < 1.29 is 13.2 Å². The van der Waals surface area contributed by atoms with Gasteiger partial charge in [-0.15, -0.1) is 0 Å². The number of piperidine rings is 1. The first-order valence-corrected chi connectivity index (χ1v) is 12.3.